The standard InChI is InChI=1S/C17H15NO5/c1-22-17(19)16-12-7-3-5-9-15(12)23-14-8-4-2-6-11(14)13(16)10-18(20)21/h2-9,13,16H,10H2,1H3. The summed E-state index contributed by atoms with van der Waals surface area (Å²) in [5.41, 5.74) is 1.23. The summed E-state index contributed by atoms with van der Waals surface area (Å²) >= 11 is 0. The van der Waals surface area contributed by atoms with E-state index in [0.29, 0.717) is 22.6 Å². The molecule has 0 saturated heterocycles. The third kappa shape index (κ3) is 2.75. The van der Waals surface area contributed by atoms with Gasteiger partial charge in [-0.15, -0.1) is 0 Å². The van der Waals surface area contributed by atoms with Crippen molar-refractivity contribution in [2.24, 2.45) is 0 Å². The Morgan fingerprint density at radius 3 is 2.30 bits per heavy atom. The van der Waals surface area contributed by atoms with E-state index in [4.69, 9.17) is 9.47 Å². The summed E-state index contributed by atoms with van der Waals surface area (Å²) in [6.45, 7) is -0.380. The highest BCUT2D eigenvalue weighted by atomic mass is 16.6. The van der Waals surface area contributed by atoms with Crippen molar-refractivity contribution in [3.63, 3.8) is 0 Å². The molecule has 6 heteroatoms. The lowest BCUT2D eigenvalue weighted by atomic mass is 9.81. The van der Waals surface area contributed by atoms with Crippen molar-refractivity contribution in [2.45, 2.75) is 11.8 Å². The average molecular weight is 313 g/mol. The molecule has 0 spiro atoms. The molecular formula is C17H15NO5. The summed E-state index contributed by atoms with van der Waals surface area (Å²) in [6, 6.07) is 14.1. The molecule has 2 aromatic carbocycles. The summed E-state index contributed by atoms with van der Waals surface area (Å²) in [6.07, 6.45) is 0. The van der Waals surface area contributed by atoms with Crippen LogP contribution in [0, 0.1) is 10.1 Å². The van der Waals surface area contributed by atoms with Crippen LogP contribution in [0.1, 0.15) is 23.0 Å². The van der Waals surface area contributed by atoms with Gasteiger partial charge in [0.2, 0.25) is 6.54 Å². The molecule has 1 heterocycles. The Hall–Kier alpha value is -2.89. The minimum absolute atomic E-state index is 0.380. The van der Waals surface area contributed by atoms with Crippen LogP contribution in [0.5, 0.6) is 11.5 Å². The molecule has 118 valence electrons. The number of carbonyl (C=O) groups is 1. The largest absolute Gasteiger partial charge is 0.469 e. The minimum atomic E-state index is -0.787. The average Bonchev–Trinajstić information content (AvgIpc) is 2.68. The van der Waals surface area contributed by atoms with E-state index in [1.807, 2.05) is 0 Å². The SMILES string of the molecule is COC(=O)C1c2ccccc2Oc2ccccc2C1C[N+](=O)[O-]. The van der Waals surface area contributed by atoms with Gasteiger partial charge in [0.25, 0.3) is 0 Å². The number of nitrogens with zero attached hydrogens (tertiary/aromatic N) is 1. The van der Waals surface area contributed by atoms with Gasteiger partial charge in [0.15, 0.2) is 0 Å². The molecule has 0 fully saturated rings. The summed E-state index contributed by atoms with van der Waals surface area (Å²) in [5, 5.41) is 11.2. The normalized spacial score (nSPS) is 18.8. The quantitative estimate of drug-likeness (QED) is 0.494. The Morgan fingerprint density at radius 1 is 1.13 bits per heavy atom. The highest BCUT2D eigenvalue weighted by Gasteiger charge is 2.40. The summed E-state index contributed by atoms with van der Waals surface area (Å²) in [7, 11) is 1.28. The van der Waals surface area contributed by atoms with E-state index in [0.717, 1.165) is 0 Å². The number of fused-ring (bicyclic) bond motifs is 2. The number of nitro groups is 1. The van der Waals surface area contributed by atoms with Crippen LogP contribution in [0.15, 0.2) is 48.5 Å². The lowest BCUT2D eigenvalue weighted by Gasteiger charge is -2.21. The van der Waals surface area contributed by atoms with E-state index in [2.05, 4.69) is 0 Å². The zero-order valence-electron chi connectivity index (χ0n) is 12.5. The number of esters is 1. The molecule has 1 aliphatic heterocycles. The van der Waals surface area contributed by atoms with Crippen molar-refractivity contribution in [2.75, 3.05) is 13.7 Å². The third-order valence-corrected chi connectivity index (χ3v) is 4.00. The first kappa shape index (κ1) is 15.0. The molecule has 2 unspecified atom stereocenters. The second-order valence-electron chi connectivity index (χ2n) is 5.30. The van der Waals surface area contributed by atoms with Crippen molar-refractivity contribution in [3.8, 4) is 11.5 Å². The number of methoxy groups -OCH3 is 1. The summed E-state index contributed by atoms with van der Waals surface area (Å²) in [5.74, 6) is -0.911. The van der Waals surface area contributed by atoms with Crippen molar-refractivity contribution in [1.29, 1.82) is 0 Å². The molecule has 0 N–H and O–H groups in total. The predicted octanol–water partition coefficient (Wildman–Crippen LogP) is 3.11. The van der Waals surface area contributed by atoms with Gasteiger partial charge in [0.1, 0.15) is 11.5 Å². The predicted molar refractivity (Wildman–Crippen MR) is 82.3 cm³/mol. The number of rotatable bonds is 3. The molecule has 0 aromatic heterocycles. The van der Waals surface area contributed by atoms with Crippen molar-refractivity contribution >= 4 is 5.97 Å². The second kappa shape index (κ2) is 6.08. The van der Waals surface area contributed by atoms with Gasteiger partial charge >= 0.3 is 5.97 Å². The topological polar surface area (TPSA) is 78.7 Å². The van der Waals surface area contributed by atoms with E-state index in [-0.39, 0.29) is 6.54 Å². The van der Waals surface area contributed by atoms with Crippen LogP contribution in [0.3, 0.4) is 0 Å². The van der Waals surface area contributed by atoms with Crippen LogP contribution in [0.25, 0.3) is 0 Å². The molecule has 0 amide bonds. The fourth-order valence-electron chi connectivity index (χ4n) is 3.01. The Morgan fingerprint density at radius 2 is 1.70 bits per heavy atom. The van der Waals surface area contributed by atoms with Gasteiger partial charge in [-0.25, -0.2) is 0 Å². The number of benzene rings is 2. The van der Waals surface area contributed by atoms with E-state index in [1.54, 1.807) is 48.5 Å². The van der Waals surface area contributed by atoms with E-state index >= 15 is 0 Å². The molecule has 2 atom stereocenters. The molecule has 2 aromatic rings. The highest BCUT2D eigenvalue weighted by Crippen LogP contribution is 2.46. The van der Waals surface area contributed by atoms with E-state index < -0.39 is 22.7 Å². The first-order valence-electron chi connectivity index (χ1n) is 7.17. The fraction of sp³-hybridized carbons (Fsp3) is 0.235. The first-order valence-corrected chi connectivity index (χ1v) is 7.17. The molecule has 1 aliphatic rings. The lowest BCUT2D eigenvalue weighted by molar-refractivity contribution is -0.483. The second-order valence-corrected chi connectivity index (χ2v) is 5.30. The maximum Gasteiger partial charge on any atom is 0.314 e. The van der Waals surface area contributed by atoms with Crippen molar-refractivity contribution in [3.05, 3.63) is 69.8 Å². The number of ether oxygens (including phenoxy) is 2. The van der Waals surface area contributed by atoms with Crippen LogP contribution >= 0.6 is 0 Å². The van der Waals surface area contributed by atoms with Crippen molar-refractivity contribution < 1.29 is 19.2 Å². The zero-order valence-corrected chi connectivity index (χ0v) is 12.5. The Bertz CT molecular complexity index is 758. The molecule has 6 nitrogen and oxygen atoms in total. The number of hydrogen-bond donors (Lipinski definition) is 0. The maximum atomic E-state index is 12.4. The Balaban J connectivity index is 2.23. The van der Waals surface area contributed by atoms with Crippen LogP contribution in [0.2, 0.25) is 0 Å². The van der Waals surface area contributed by atoms with Gasteiger partial charge < -0.3 is 9.47 Å². The Kier molecular flexibility index (Phi) is 3.97. The first-order chi connectivity index (χ1) is 11.1. The molecule has 0 saturated carbocycles. The number of hydrogen-bond acceptors (Lipinski definition) is 5. The molecule has 3 rings (SSSR count). The monoisotopic (exact) mass is 313 g/mol. The molecular weight excluding hydrogens is 298 g/mol. The van der Waals surface area contributed by atoms with Crippen LogP contribution < -0.4 is 4.74 Å². The van der Waals surface area contributed by atoms with Gasteiger partial charge in [0, 0.05) is 16.1 Å². The zero-order chi connectivity index (χ0) is 16.4. The third-order valence-electron chi connectivity index (χ3n) is 4.00. The van der Waals surface area contributed by atoms with E-state index in [1.165, 1.54) is 7.11 Å². The molecule has 0 aliphatic carbocycles. The smallest absolute Gasteiger partial charge is 0.314 e. The lowest BCUT2D eigenvalue weighted by Crippen LogP contribution is -2.26. The number of para-hydroxylation sites is 2. The minimum Gasteiger partial charge on any atom is -0.469 e. The van der Waals surface area contributed by atoms with Gasteiger partial charge in [0.05, 0.1) is 18.9 Å². The number of carbonyl (C=O) groups excluding carboxylic acids is 1. The molecule has 0 radical (unpaired) electrons. The molecule has 23 heavy (non-hydrogen) atoms. The van der Waals surface area contributed by atoms with E-state index in [9.17, 15) is 14.9 Å². The molecule has 0 bridgehead atoms. The fourth-order valence-corrected chi connectivity index (χ4v) is 3.01. The van der Waals surface area contributed by atoms with Gasteiger partial charge in [-0.2, -0.15) is 0 Å². The van der Waals surface area contributed by atoms with Gasteiger partial charge in [-0.3, -0.25) is 14.9 Å². The maximum absolute atomic E-state index is 12.4. The van der Waals surface area contributed by atoms with Crippen LogP contribution in [-0.2, 0) is 9.53 Å². The van der Waals surface area contributed by atoms with Crippen molar-refractivity contribution in [1.82, 2.24) is 0 Å². The summed E-state index contributed by atoms with van der Waals surface area (Å²) < 4.78 is 10.8. The summed E-state index contributed by atoms with van der Waals surface area (Å²) in [4.78, 5) is 23.1. The van der Waals surface area contributed by atoms with Gasteiger partial charge in [-0.1, -0.05) is 36.4 Å². The highest BCUT2D eigenvalue weighted by molar-refractivity contribution is 5.81. The van der Waals surface area contributed by atoms with Gasteiger partial charge in [-0.05, 0) is 12.1 Å². The van der Waals surface area contributed by atoms with Crippen LogP contribution in [0.4, 0.5) is 0 Å². The van der Waals surface area contributed by atoms with Crippen LogP contribution in [-0.4, -0.2) is 24.5 Å². The Labute approximate surface area is 132 Å².